The molecule has 1 saturated carbocycles. The van der Waals surface area contributed by atoms with Crippen LogP contribution < -0.4 is 5.73 Å². The Kier molecular flexibility index (Phi) is 2.98. The predicted molar refractivity (Wildman–Crippen MR) is 55.2 cm³/mol. The monoisotopic (exact) mass is 213 g/mol. The van der Waals surface area contributed by atoms with E-state index in [0.29, 0.717) is 13.2 Å². The molecule has 4 heteroatoms. The third-order valence-corrected chi connectivity index (χ3v) is 3.55. The van der Waals surface area contributed by atoms with Crippen molar-refractivity contribution >= 4 is 5.97 Å². The zero-order valence-electron chi connectivity index (χ0n) is 9.20. The Morgan fingerprint density at radius 2 is 2.20 bits per heavy atom. The van der Waals surface area contributed by atoms with E-state index in [1.165, 1.54) is 0 Å². The minimum Gasteiger partial charge on any atom is -0.466 e. The lowest BCUT2D eigenvalue weighted by molar-refractivity contribution is -0.154. The van der Waals surface area contributed by atoms with Crippen LogP contribution in [0, 0.1) is 5.92 Å². The first-order valence-corrected chi connectivity index (χ1v) is 5.76. The molecule has 1 heterocycles. The number of hydrogen-bond donors (Lipinski definition) is 1. The number of ether oxygens (including phenoxy) is 2. The molecule has 0 amide bonds. The Labute approximate surface area is 90.1 Å². The van der Waals surface area contributed by atoms with Crippen molar-refractivity contribution < 1.29 is 14.3 Å². The Balaban J connectivity index is 2.14. The molecule has 0 aromatic rings. The number of hydrogen-bond acceptors (Lipinski definition) is 4. The lowest BCUT2D eigenvalue weighted by atomic mass is 9.83. The van der Waals surface area contributed by atoms with Gasteiger partial charge in [0.25, 0.3) is 0 Å². The fraction of sp³-hybridized carbons (Fsp3) is 0.909. The fourth-order valence-corrected chi connectivity index (χ4v) is 2.89. The highest BCUT2D eigenvalue weighted by molar-refractivity contribution is 5.75. The van der Waals surface area contributed by atoms with Gasteiger partial charge in [0.05, 0.1) is 18.8 Å². The van der Waals surface area contributed by atoms with Crippen molar-refractivity contribution in [1.82, 2.24) is 0 Å². The van der Waals surface area contributed by atoms with Crippen LogP contribution in [0.5, 0.6) is 0 Å². The summed E-state index contributed by atoms with van der Waals surface area (Å²) in [6, 6.07) is -0.192. The van der Waals surface area contributed by atoms with Gasteiger partial charge in [-0.3, -0.25) is 4.79 Å². The van der Waals surface area contributed by atoms with Gasteiger partial charge in [0.1, 0.15) is 5.92 Å². The molecule has 15 heavy (non-hydrogen) atoms. The van der Waals surface area contributed by atoms with E-state index >= 15 is 0 Å². The Morgan fingerprint density at radius 1 is 1.53 bits per heavy atom. The van der Waals surface area contributed by atoms with Crippen molar-refractivity contribution in [2.24, 2.45) is 11.7 Å². The third kappa shape index (κ3) is 1.76. The number of rotatable bonds is 2. The van der Waals surface area contributed by atoms with Crippen LogP contribution in [0.2, 0.25) is 0 Å². The van der Waals surface area contributed by atoms with E-state index in [-0.39, 0.29) is 23.5 Å². The van der Waals surface area contributed by atoms with Gasteiger partial charge < -0.3 is 15.2 Å². The van der Waals surface area contributed by atoms with Crippen LogP contribution in [0.3, 0.4) is 0 Å². The number of esters is 1. The average Bonchev–Trinajstić information content (AvgIpc) is 2.77. The number of carbonyl (C=O) groups is 1. The Bertz CT molecular complexity index is 248. The SMILES string of the molecule is CCOC(=O)C1C(N)COC12CCCC2. The van der Waals surface area contributed by atoms with Crippen LogP contribution in [0.25, 0.3) is 0 Å². The molecule has 1 aliphatic carbocycles. The lowest BCUT2D eigenvalue weighted by Gasteiger charge is -2.29. The van der Waals surface area contributed by atoms with Gasteiger partial charge in [0, 0.05) is 6.04 Å². The summed E-state index contributed by atoms with van der Waals surface area (Å²) >= 11 is 0. The van der Waals surface area contributed by atoms with E-state index in [4.69, 9.17) is 15.2 Å². The summed E-state index contributed by atoms with van der Waals surface area (Å²) in [7, 11) is 0. The Hall–Kier alpha value is -0.610. The van der Waals surface area contributed by atoms with Crippen LogP contribution in [0.15, 0.2) is 0 Å². The molecule has 2 fully saturated rings. The third-order valence-electron chi connectivity index (χ3n) is 3.55. The topological polar surface area (TPSA) is 61.5 Å². The Morgan fingerprint density at radius 3 is 2.80 bits per heavy atom. The van der Waals surface area contributed by atoms with Gasteiger partial charge >= 0.3 is 5.97 Å². The first-order valence-electron chi connectivity index (χ1n) is 5.76. The highest BCUT2D eigenvalue weighted by Crippen LogP contribution is 2.44. The van der Waals surface area contributed by atoms with Gasteiger partial charge in [-0.25, -0.2) is 0 Å². The van der Waals surface area contributed by atoms with Crippen molar-refractivity contribution in [2.45, 2.75) is 44.2 Å². The van der Waals surface area contributed by atoms with E-state index in [2.05, 4.69) is 0 Å². The molecule has 0 radical (unpaired) electrons. The fourth-order valence-electron chi connectivity index (χ4n) is 2.89. The lowest BCUT2D eigenvalue weighted by Crippen LogP contribution is -2.45. The molecular formula is C11H19NO3. The van der Waals surface area contributed by atoms with Crippen molar-refractivity contribution in [2.75, 3.05) is 13.2 Å². The summed E-state index contributed by atoms with van der Waals surface area (Å²) in [4.78, 5) is 11.8. The second-order valence-corrected chi connectivity index (χ2v) is 4.48. The quantitative estimate of drug-likeness (QED) is 0.690. The largest absolute Gasteiger partial charge is 0.466 e. The zero-order valence-corrected chi connectivity index (χ0v) is 9.20. The minimum atomic E-state index is -0.300. The van der Waals surface area contributed by atoms with Gasteiger partial charge in [-0.15, -0.1) is 0 Å². The predicted octanol–water partition coefficient (Wildman–Crippen LogP) is 0.836. The second-order valence-electron chi connectivity index (χ2n) is 4.48. The van der Waals surface area contributed by atoms with E-state index in [1.807, 2.05) is 6.92 Å². The molecule has 2 rings (SSSR count). The van der Waals surface area contributed by atoms with Gasteiger partial charge in [-0.2, -0.15) is 0 Å². The molecule has 1 saturated heterocycles. The van der Waals surface area contributed by atoms with Crippen molar-refractivity contribution in [3.63, 3.8) is 0 Å². The van der Waals surface area contributed by atoms with Crippen LogP contribution in [0.4, 0.5) is 0 Å². The first-order chi connectivity index (χ1) is 7.19. The van der Waals surface area contributed by atoms with Crippen molar-refractivity contribution in [3.05, 3.63) is 0 Å². The molecule has 2 aliphatic rings. The maximum absolute atomic E-state index is 11.8. The molecule has 86 valence electrons. The number of nitrogens with two attached hydrogens (primary N) is 1. The van der Waals surface area contributed by atoms with Crippen LogP contribution >= 0.6 is 0 Å². The summed E-state index contributed by atoms with van der Waals surface area (Å²) in [5.41, 5.74) is 5.64. The molecule has 4 nitrogen and oxygen atoms in total. The zero-order chi connectivity index (χ0) is 10.9. The minimum absolute atomic E-state index is 0.176. The van der Waals surface area contributed by atoms with Crippen molar-refractivity contribution in [1.29, 1.82) is 0 Å². The molecule has 0 aromatic carbocycles. The summed E-state index contributed by atoms with van der Waals surface area (Å²) in [5, 5.41) is 0. The maximum atomic E-state index is 11.8. The molecule has 1 spiro atoms. The summed E-state index contributed by atoms with van der Waals surface area (Å²) in [5.74, 6) is -0.427. The molecular weight excluding hydrogens is 194 g/mol. The summed E-state index contributed by atoms with van der Waals surface area (Å²) in [6.07, 6.45) is 4.15. The van der Waals surface area contributed by atoms with E-state index in [1.54, 1.807) is 0 Å². The molecule has 0 bridgehead atoms. The van der Waals surface area contributed by atoms with Crippen molar-refractivity contribution in [3.8, 4) is 0 Å². The van der Waals surface area contributed by atoms with Crippen LogP contribution in [0.1, 0.15) is 32.6 Å². The molecule has 2 N–H and O–H groups in total. The first kappa shape index (κ1) is 10.9. The van der Waals surface area contributed by atoms with E-state index < -0.39 is 0 Å². The standard InChI is InChI=1S/C11H19NO3/c1-2-14-10(13)9-8(12)7-15-11(9)5-3-4-6-11/h8-9H,2-7,12H2,1H3. The molecule has 2 atom stereocenters. The summed E-state index contributed by atoms with van der Waals surface area (Å²) < 4.78 is 10.9. The smallest absolute Gasteiger partial charge is 0.313 e. The van der Waals surface area contributed by atoms with Crippen LogP contribution in [-0.4, -0.2) is 30.8 Å². The van der Waals surface area contributed by atoms with E-state index in [9.17, 15) is 4.79 Å². The number of carbonyl (C=O) groups excluding carboxylic acids is 1. The normalized spacial score (nSPS) is 33.5. The molecule has 1 aliphatic heterocycles. The van der Waals surface area contributed by atoms with E-state index in [0.717, 1.165) is 25.7 Å². The second kappa shape index (κ2) is 4.10. The maximum Gasteiger partial charge on any atom is 0.313 e. The molecule has 0 aromatic heterocycles. The van der Waals surface area contributed by atoms with Crippen LogP contribution in [-0.2, 0) is 14.3 Å². The average molecular weight is 213 g/mol. The van der Waals surface area contributed by atoms with Gasteiger partial charge in [-0.1, -0.05) is 12.8 Å². The van der Waals surface area contributed by atoms with Gasteiger partial charge in [0.15, 0.2) is 0 Å². The van der Waals surface area contributed by atoms with Gasteiger partial charge in [-0.05, 0) is 19.8 Å². The summed E-state index contributed by atoms with van der Waals surface area (Å²) in [6.45, 7) is 2.72. The highest BCUT2D eigenvalue weighted by Gasteiger charge is 2.54. The highest BCUT2D eigenvalue weighted by atomic mass is 16.5. The van der Waals surface area contributed by atoms with Gasteiger partial charge in [0.2, 0.25) is 0 Å². The molecule has 2 unspecified atom stereocenters.